The molecular formula is C22H29N5OS. The first-order chi connectivity index (χ1) is 14.0. The van der Waals surface area contributed by atoms with Gasteiger partial charge in [-0.1, -0.05) is 24.3 Å². The van der Waals surface area contributed by atoms with Crippen LogP contribution in [0.15, 0.2) is 52.1 Å². The van der Waals surface area contributed by atoms with Gasteiger partial charge < -0.3 is 15.1 Å². The lowest BCUT2D eigenvalue weighted by molar-refractivity contribution is 0.287. The topological polar surface area (TPSA) is 65.7 Å². The predicted molar refractivity (Wildman–Crippen MR) is 119 cm³/mol. The fourth-order valence-corrected chi connectivity index (χ4v) is 4.08. The van der Waals surface area contributed by atoms with E-state index >= 15 is 0 Å². The molecule has 0 amide bonds. The minimum atomic E-state index is 0.713. The molecule has 0 saturated heterocycles. The van der Waals surface area contributed by atoms with Crippen molar-refractivity contribution >= 4 is 17.3 Å². The van der Waals surface area contributed by atoms with E-state index in [1.54, 1.807) is 24.6 Å². The molecule has 0 aliphatic rings. The van der Waals surface area contributed by atoms with Gasteiger partial charge in [-0.2, -0.15) is 0 Å². The van der Waals surface area contributed by atoms with Crippen molar-refractivity contribution in [3.63, 3.8) is 0 Å². The number of aryl methyl sites for hydroxylation is 2. The van der Waals surface area contributed by atoms with Crippen LogP contribution in [0, 0.1) is 13.8 Å². The van der Waals surface area contributed by atoms with Crippen LogP contribution >= 0.6 is 11.3 Å². The van der Waals surface area contributed by atoms with E-state index in [9.17, 15) is 0 Å². The van der Waals surface area contributed by atoms with Gasteiger partial charge in [-0.05, 0) is 44.2 Å². The number of nitrogens with zero attached hydrogens (tertiary/aromatic N) is 3. The second kappa shape index (κ2) is 10.2. The van der Waals surface area contributed by atoms with Crippen LogP contribution in [-0.4, -0.2) is 29.9 Å². The van der Waals surface area contributed by atoms with Crippen LogP contribution in [0.3, 0.4) is 0 Å². The van der Waals surface area contributed by atoms with E-state index in [1.807, 2.05) is 26.0 Å². The summed E-state index contributed by atoms with van der Waals surface area (Å²) in [5.41, 5.74) is 3.63. The van der Waals surface area contributed by atoms with E-state index in [4.69, 9.17) is 4.42 Å². The Balaban J connectivity index is 1.55. The highest BCUT2D eigenvalue weighted by molar-refractivity contribution is 7.11. The van der Waals surface area contributed by atoms with Gasteiger partial charge in [0.2, 0.25) is 0 Å². The molecule has 0 aliphatic carbocycles. The Bertz CT molecular complexity index is 933. The summed E-state index contributed by atoms with van der Waals surface area (Å²) in [6.45, 7) is 7.16. The first kappa shape index (κ1) is 21.1. The molecule has 7 heteroatoms. The molecule has 0 saturated carbocycles. The lowest BCUT2D eigenvalue weighted by atomic mass is 10.1. The number of rotatable bonds is 8. The van der Waals surface area contributed by atoms with Crippen molar-refractivity contribution in [2.24, 2.45) is 4.99 Å². The smallest absolute Gasteiger partial charge is 0.191 e. The van der Waals surface area contributed by atoms with Gasteiger partial charge in [-0.15, -0.1) is 11.3 Å². The lowest BCUT2D eigenvalue weighted by Crippen LogP contribution is -2.36. The highest BCUT2D eigenvalue weighted by Gasteiger charge is 2.09. The van der Waals surface area contributed by atoms with Gasteiger partial charge in [-0.3, -0.25) is 9.89 Å². The maximum atomic E-state index is 5.46. The van der Waals surface area contributed by atoms with Crippen molar-refractivity contribution < 1.29 is 4.42 Å². The first-order valence-corrected chi connectivity index (χ1v) is 10.5. The molecule has 0 radical (unpaired) electrons. The van der Waals surface area contributed by atoms with E-state index in [0.717, 1.165) is 42.1 Å². The SMILES string of the molecule is CN=C(NCc1ccccc1CN(C)Cc1ccco1)NCc1sc(C)nc1C. The number of guanidine groups is 1. The predicted octanol–water partition coefficient (Wildman–Crippen LogP) is 3.85. The van der Waals surface area contributed by atoms with Gasteiger partial charge in [0, 0.05) is 25.0 Å². The molecule has 0 spiro atoms. The zero-order valence-corrected chi connectivity index (χ0v) is 18.3. The quantitative estimate of drug-likeness (QED) is 0.435. The number of thiazole rings is 1. The summed E-state index contributed by atoms with van der Waals surface area (Å²) in [5.74, 6) is 1.76. The molecule has 29 heavy (non-hydrogen) atoms. The molecular weight excluding hydrogens is 382 g/mol. The zero-order chi connectivity index (χ0) is 20.6. The first-order valence-electron chi connectivity index (χ1n) is 9.70. The number of nitrogens with one attached hydrogen (secondary N) is 2. The summed E-state index contributed by atoms with van der Waals surface area (Å²) in [6, 6.07) is 12.4. The van der Waals surface area contributed by atoms with Gasteiger partial charge in [-0.25, -0.2) is 4.98 Å². The average Bonchev–Trinajstić information content (AvgIpc) is 3.32. The lowest BCUT2D eigenvalue weighted by Gasteiger charge is -2.19. The van der Waals surface area contributed by atoms with Crippen LogP contribution in [-0.2, 0) is 26.2 Å². The molecule has 0 fully saturated rings. The van der Waals surface area contributed by atoms with E-state index in [1.165, 1.54) is 16.0 Å². The number of aromatic nitrogens is 1. The molecule has 154 valence electrons. The monoisotopic (exact) mass is 411 g/mol. The summed E-state index contributed by atoms with van der Waals surface area (Å²) in [4.78, 5) is 12.3. The maximum Gasteiger partial charge on any atom is 0.191 e. The van der Waals surface area contributed by atoms with Crippen molar-refractivity contribution in [3.05, 3.63) is 75.1 Å². The Kier molecular flexibility index (Phi) is 7.43. The van der Waals surface area contributed by atoms with Gasteiger partial charge >= 0.3 is 0 Å². The van der Waals surface area contributed by atoms with E-state index in [2.05, 4.69) is 56.8 Å². The molecule has 1 aromatic carbocycles. The summed E-state index contributed by atoms with van der Waals surface area (Å²) < 4.78 is 5.46. The summed E-state index contributed by atoms with van der Waals surface area (Å²) in [5, 5.41) is 7.91. The van der Waals surface area contributed by atoms with Crippen LogP contribution in [0.5, 0.6) is 0 Å². The summed E-state index contributed by atoms with van der Waals surface area (Å²) >= 11 is 1.72. The zero-order valence-electron chi connectivity index (χ0n) is 17.5. The van der Waals surface area contributed by atoms with Crippen molar-refractivity contribution in [1.82, 2.24) is 20.5 Å². The number of aliphatic imine (C=N–C) groups is 1. The Hall–Kier alpha value is -2.64. The van der Waals surface area contributed by atoms with E-state index in [-0.39, 0.29) is 0 Å². The fraction of sp³-hybridized carbons (Fsp3) is 0.364. The molecule has 2 heterocycles. The van der Waals surface area contributed by atoms with Gasteiger partial charge in [0.15, 0.2) is 5.96 Å². The molecule has 3 aromatic rings. The summed E-state index contributed by atoms with van der Waals surface area (Å²) in [7, 11) is 3.90. The Morgan fingerprint density at radius 1 is 1.07 bits per heavy atom. The molecule has 2 N–H and O–H groups in total. The second-order valence-corrected chi connectivity index (χ2v) is 8.33. The normalized spacial score (nSPS) is 11.8. The average molecular weight is 412 g/mol. The third-order valence-corrected chi connectivity index (χ3v) is 5.72. The molecule has 2 aromatic heterocycles. The Labute approximate surface area is 176 Å². The minimum Gasteiger partial charge on any atom is -0.468 e. The van der Waals surface area contributed by atoms with Crippen molar-refractivity contribution in [1.29, 1.82) is 0 Å². The van der Waals surface area contributed by atoms with Gasteiger partial charge in [0.1, 0.15) is 5.76 Å². The van der Waals surface area contributed by atoms with Crippen LogP contribution in [0.2, 0.25) is 0 Å². The van der Waals surface area contributed by atoms with Gasteiger partial charge in [0.25, 0.3) is 0 Å². The molecule has 0 atom stereocenters. The fourth-order valence-electron chi connectivity index (χ4n) is 3.20. The summed E-state index contributed by atoms with van der Waals surface area (Å²) in [6.07, 6.45) is 1.72. The number of hydrogen-bond donors (Lipinski definition) is 2. The third-order valence-electron chi connectivity index (χ3n) is 4.65. The van der Waals surface area contributed by atoms with E-state index < -0.39 is 0 Å². The standard InChI is InChI=1S/C22H29N5OS/c1-16-21(29-17(2)26-16)13-25-22(23-3)24-12-18-8-5-6-9-19(18)14-27(4)15-20-10-7-11-28-20/h5-11H,12-15H2,1-4H3,(H2,23,24,25). The second-order valence-electron chi connectivity index (χ2n) is 7.04. The van der Waals surface area contributed by atoms with Crippen molar-refractivity contribution in [3.8, 4) is 0 Å². The minimum absolute atomic E-state index is 0.713. The number of furan rings is 1. The molecule has 6 nitrogen and oxygen atoms in total. The molecule has 0 aliphatic heterocycles. The molecule has 0 unspecified atom stereocenters. The van der Waals surface area contributed by atoms with Crippen molar-refractivity contribution in [2.75, 3.05) is 14.1 Å². The third kappa shape index (κ3) is 6.17. The molecule has 3 rings (SSSR count). The van der Waals surface area contributed by atoms with Crippen LogP contribution in [0.1, 0.15) is 32.5 Å². The highest BCUT2D eigenvalue weighted by atomic mass is 32.1. The number of hydrogen-bond acceptors (Lipinski definition) is 5. The number of benzene rings is 1. The maximum absolute atomic E-state index is 5.46. The Morgan fingerprint density at radius 3 is 2.48 bits per heavy atom. The van der Waals surface area contributed by atoms with Gasteiger partial charge in [0.05, 0.1) is 30.1 Å². The molecule has 0 bridgehead atoms. The highest BCUT2D eigenvalue weighted by Crippen LogP contribution is 2.16. The van der Waals surface area contributed by atoms with Crippen LogP contribution < -0.4 is 10.6 Å². The van der Waals surface area contributed by atoms with E-state index in [0.29, 0.717) is 6.54 Å². The van der Waals surface area contributed by atoms with Crippen molar-refractivity contribution in [2.45, 2.75) is 40.0 Å². The Morgan fingerprint density at radius 2 is 1.83 bits per heavy atom. The van der Waals surface area contributed by atoms with Crippen LogP contribution in [0.4, 0.5) is 0 Å². The largest absolute Gasteiger partial charge is 0.468 e. The van der Waals surface area contributed by atoms with Crippen LogP contribution in [0.25, 0.3) is 0 Å².